The van der Waals surface area contributed by atoms with Crippen molar-refractivity contribution < 1.29 is 8.87 Å². The van der Waals surface area contributed by atoms with Crippen molar-refractivity contribution in [3.63, 3.8) is 0 Å². The third-order valence-electron chi connectivity index (χ3n) is 1.82. The first-order valence-electron chi connectivity index (χ1n) is 4.08. The van der Waals surface area contributed by atoms with E-state index in [4.69, 9.17) is 0 Å². The first-order valence-corrected chi connectivity index (χ1v) is 4.08. The van der Waals surface area contributed by atoms with Crippen molar-refractivity contribution in [1.82, 2.24) is 0 Å². The van der Waals surface area contributed by atoms with E-state index in [1.807, 2.05) is 7.05 Å². The lowest BCUT2D eigenvalue weighted by atomic mass is 10.3. The van der Waals surface area contributed by atoms with Gasteiger partial charge in [0, 0.05) is 0 Å². The van der Waals surface area contributed by atoms with Crippen LogP contribution in [0.3, 0.4) is 0 Å². The van der Waals surface area contributed by atoms with Crippen LogP contribution in [0, 0.1) is 0 Å². The van der Waals surface area contributed by atoms with Gasteiger partial charge in [0.25, 0.3) is 0 Å². The van der Waals surface area contributed by atoms with Crippen LogP contribution < -0.4 is 0 Å². The van der Waals surface area contributed by atoms with Crippen LogP contribution in [0.2, 0.25) is 0 Å². The number of halogens is 1. The molecule has 0 aromatic carbocycles. The van der Waals surface area contributed by atoms with E-state index in [1.165, 1.54) is 0 Å². The Balaban J connectivity index is 3.69. The standard InChI is InChI=1S/C8H19FN/c1-4-6-10(3,8-9)7-5-2/h4-8H2,1-3H3/q+1. The van der Waals surface area contributed by atoms with E-state index >= 15 is 0 Å². The van der Waals surface area contributed by atoms with Crippen molar-refractivity contribution in [2.45, 2.75) is 26.7 Å². The Hall–Kier alpha value is -0.110. The number of hydrogen-bond donors (Lipinski definition) is 0. The summed E-state index contributed by atoms with van der Waals surface area (Å²) in [6, 6.07) is 0. The van der Waals surface area contributed by atoms with Gasteiger partial charge >= 0.3 is 0 Å². The predicted octanol–water partition coefficient (Wildman–Crippen LogP) is 2.18. The van der Waals surface area contributed by atoms with Crippen LogP contribution in [0.25, 0.3) is 0 Å². The fourth-order valence-corrected chi connectivity index (χ4v) is 1.31. The van der Waals surface area contributed by atoms with Crippen LogP contribution >= 0.6 is 0 Å². The van der Waals surface area contributed by atoms with Gasteiger partial charge in [-0.25, -0.2) is 0 Å². The molecule has 0 unspecified atom stereocenters. The van der Waals surface area contributed by atoms with Gasteiger partial charge in [-0.1, -0.05) is 13.8 Å². The summed E-state index contributed by atoms with van der Waals surface area (Å²) in [5.41, 5.74) is 0. The molecule has 0 spiro atoms. The summed E-state index contributed by atoms with van der Waals surface area (Å²) in [6.07, 6.45) is 2.14. The minimum atomic E-state index is -0.221. The van der Waals surface area contributed by atoms with Gasteiger partial charge in [-0.15, -0.1) is 0 Å². The van der Waals surface area contributed by atoms with Crippen LogP contribution in [-0.4, -0.2) is 31.4 Å². The SMILES string of the molecule is CCC[N+](C)(CF)CCC. The zero-order valence-electron chi connectivity index (χ0n) is 7.36. The Morgan fingerprint density at radius 2 is 1.50 bits per heavy atom. The van der Waals surface area contributed by atoms with E-state index in [0.717, 1.165) is 25.9 Å². The van der Waals surface area contributed by atoms with Crippen LogP contribution in [0.5, 0.6) is 0 Å². The van der Waals surface area contributed by atoms with Gasteiger partial charge in [0.05, 0.1) is 20.1 Å². The lowest BCUT2D eigenvalue weighted by molar-refractivity contribution is -0.921. The summed E-state index contributed by atoms with van der Waals surface area (Å²) in [7, 11) is 1.98. The molecule has 0 saturated carbocycles. The molecular weight excluding hydrogens is 129 g/mol. The lowest BCUT2D eigenvalue weighted by Gasteiger charge is -2.30. The van der Waals surface area contributed by atoms with Crippen LogP contribution in [0.1, 0.15) is 26.7 Å². The first-order chi connectivity index (χ1) is 4.68. The molecule has 0 aliphatic carbocycles. The monoisotopic (exact) mass is 148 g/mol. The van der Waals surface area contributed by atoms with Crippen molar-refractivity contribution in [3.05, 3.63) is 0 Å². The second kappa shape index (κ2) is 4.67. The molecule has 2 heteroatoms. The average molecular weight is 148 g/mol. The van der Waals surface area contributed by atoms with Crippen molar-refractivity contribution in [2.75, 3.05) is 26.9 Å². The third kappa shape index (κ3) is 3.16. The maximum absolute atomic E-state index is 12.4. The molecule has 10 heavy (non-hydrogen) atoms. The Kier molecular flexibility index (Phi) is 4.62. The highest BCUT2D eigenvalue weighted by atomic mass is 19.1. The van der Waals surface area contributed by atoms with Gasteiger partial charge in [0.15, 0.2) is 0 Å². The highest BCUT2D eigenvalue weighted by Gasteiger charge is 2.17. The van der Waals surface area contributed by atoms with Gasteiger partial charge in [-0.2, -0.15) is 4.39 Å². The largest absolute Gasteiger partial charge is 0.300 e. The molecule has 0 amide bonds. The topological polar surface area (TPSA) is 0 Å². The van der Waals surface area contributed by atoms with Crippen molar-refractivity contribution in [3.8, 4) is 0 Å². The molecule has 0 aliphatic rings. The molecule has 0 aromatic heterocycles. The molecule has 0 atom stereocenters. The summed E-state index contributed by atoms with van der Waals surface area (Å²) in [6.45, 7) is 5.90. The van der Waals surface area contributed by atoms with Crippen LogP contribution in [0.15, 0.2) is 0 Å². The molecule has 0 heterocycles. The Bertz CT molecular complexity index is 77.3. The molecule has 0 aromatic rings. The minimum absolute atomic E-state index is 0.221. The number of rotatable bonds is 5. The normalized spacial score (nSPS) is 12.0. The minimum Gasteiger partial charge on any atom is -0.300 e. The smallest absolute Gasteiger partial charge is 0.221 e. The summed E-state index contributed by atoms with van der Waals surface area (Å²) in [5, 5.41) is 0. The Morgan fingerprint density at radius 3 is 1.70 bits per heavy atom. The molecule has 0 N–H and O–H groups in total. The highest BCUT2D eigenvalue weighted by Crippen LogP contribution is 2.05. The Morgan fingerprint density at radius 1 is 1.10 bits per heavy atom. The van der Waals surface area contributed by atoms with Crippen molar-refractivity contribution >= 4 is 0 Å². The van der Waals surface area contributed by atoms with Gasteiger partial charge in [0.2, 0.25) is 6.80 Å². The van der Waals surface area contributed by atoms with E-state index in [1.54, 1.807) is 0 Å². The zero-order chi connectivity index (χ0) is 8.04. The molecule has 1 nitrogen and oxygen atoms in total. The van der Waals surface area contributed by atoms with Crippen LogP contribution in [-0.2, 0) is 0 Å². The molecule has 0 bridgehead atoms. The molecule has 62 valence electrons. The van der Waals surface area contributed by atoms with E-state index in [-0.39, 0.29) is 6.80 Å². The van der Waals surface area contributed by atoms with E-state index in [2.05, 4.69) is 13.8 Å². The number of hydrogen-bond acceptors (Lipinski definition) is 0. The number of nitrogens with zero attached hydrogens (tertiary/aromatic N) is 1. The van der Waals surface area contributed by atoms with Crippen molar-refractivity contribution in [1.29, 1.82) is 0 Å². The molecule has 0 rings (SSSR count). The second-order valence-electron chi connectivity index (χ2n) is 3.19. The fraction of sp³-hybridized carbons (Fsp3) is 1.00. The quantitative estimate of drug-likeness (QED) is 0.414. The van der Waals surface area contributed by atoms with Gasteiger partial charge in [-0.05, 0) is 12.8 Å². The van der Waals surface area contributed by atoms with Crippen LogP contribution in [0.4, 0.5) is 4.39 Å². The maximum atomic E-state index is 12.4. The highest BCUT2D eigenvalue weighted by molar-refractivity contribution is 4.32. The lowest BCUT2D eigenvalue weighted by Crippen LogP contribution is -2.44. The molecule has 0 fully saturated rings. The van der Waals surface area contributed by atoms with E-state index < -0.39 is 0 Å². The molecule has 0 saturated heterocycles. The third-order valence-corrected chi connectivity index (χ3v) is 1.82. The van der Waals surface area contributed by atoms with Gasteiger partial charge in [-0.3, -0.25) is 4.48 Å². The number of quaternary nitrogens is 1. The number of alkyl halides is 1. The molecule has 0 radical (unpaired) electrons. The summed E-state index contributed by atoms with van der Waals surface area (Å²) in [4.78, 5) is 0. The Labute approximate surface area is 63.4 Å². The predicted molar refractivity (Wildman–Crippen MR) is 42.5 cm³/mol. The summed E-state index contributed by atoms with van der Waals surface area (Å²) >= 11 is 0. The second-order valence-corrected chi connectivity index (χ2v) is 3.19. The maximum Gasteiger partial charge on any atom is 0.221 e. The molecule has 0 aliphatic heterocycles. The van der Waals surface area contributed by atoms with Crippen molar-refractivity contribution in [2.24, 2.45) is 0 Å². The first kappa shape index (κ1) is 9.89. The van der Waals surface area contributed by atoms with Gasteiger partial charge < -0.3 is 0 Å². The average Bonchev–Trinajstić information content (AvgIpc) is 1.89. The fourth-order valence-electron chi connectivity index (χ4n) is 1.31. The summed E-state index contributed by atoms with van der Waals surface area (Å²) < 4.78 is 13.0. The van der Waals surface area contributed by atoms with Gasteiger partial charge in [0.1, 0.15) is 0 Å². The molecular formula is C8H19FN+. The van der Waals surface area contributed by atoms with E-state index in [9.17, 15) is 4.39 Å². The van der Waals surface area contributed by atoms with E-state index in [0.29, 0.717) is 4.48 Å². The zero-order valence-corrected chi connectivity index (χ0v) is 7.36. The summed E-state index contributed by atoms with van der Waals surface area (Å²) in [5.74, 6) is 0.